The zero-order valence-corrected chi connectivity index (χ0v) is 18.6. The second kappa shape index (κ2) is 9.08. The number of hydrogen-bond acceptors (Lipinski definition) is 4. The van der Waals surface area contributed by atoms with E-state index in [1.54, 1.807) is 42.5 Å². The molecule has 2 N–H and O–H groups in total. The Hall–Kier alpha value is -2.54. The van der Waals surface area contributed by atoms with E-state index in [0.717, 1.165) is 43.6 Å². The number of benzene rings is 2. The first-order chi connectivity index (χ1) is 14.2. The van der Waals surface area contributed by atoms with Crippen molar-refractivity contribution in [2.24, 2.45) is 11.8 Å². The van der Waals surface area contributed by atoms with Gasteiger partial charge in [0.25, 0.3) is 10.0 Å². The number of nitrogens with zero attached hydrogens (tertiary/aromatic N) is 1. The van der Waals surface area contributed by atoms with Crippen LogP contribution >= 0.6 is 0 Å². The maximum Gasteiger partial charge on any atom is 0.337 e. The summed E-state index contributed by atoms with van der Waals surface area (Å²) in [6, 6.07) is 11.6. The van der Waals surface area contributed by atoms with Crippen molar-refractivity contribution in [3.05, 3.63) is 53.6 Å². The van der Waals surface area contributed by atoms with E-state index in [-0.39, 0.29) is 16.1 Å². The van der Waals surface area contributed by atoms with Crippen LogP contribution in [0.2, 0.25) is 0 Å². The van der Waals surface area contributed by atoms with Crippen molar-refractivity contribution >= 4 is 27.4 Å². The van der Waals surface area contributed by atoms with Crippen LogP contribution in [-0.4, -0.2) is 32.6 Å². The Morgan fingerprint density at radius 2 is 1.90 bits per heavy atom. The molecule has 2 aromatic rings. The van der Waals surface area contributed by atoms with Gasteiger partial charge in [0.2, 0.25) is 0 Å². The van der Waals surface area contributed by atoms with E-state index in [0.29, 0.717) is 11.8 Å². The second-order valence-electron chi connectivity index (χ2n) is 8.58. The Morgan fingerprint density at radius 1 is 1.20 bits per heavy atom. The van der Waals surface area contributed by atoms with Crippen LogP contribution in [0.5, 0.6) is 0 Å². The number of hydrogen-bond donors (Lipinski definition) is 2. The smallest absolute Gasteiger partial charge is 0.337 e. The van der Waals surface area contributed by atoms with Crippen molar-refractivity contribution in [1.82, 2.24) is 0 Å². The first-order valence-electron chi connectivity index (χ1n) is 10.4. The van der Waals surface area contributed by atoms with Crippen molar-refractivity contribution < 1.29 is 18.3 Å². The molecule has 0 radical (unpaired) electrons. The molecule has 0 aliphatic carbocycles. The minimum Gasteiger partial charge on any atom is -0.478 e. The van der Waals surface area contributed by atoms with E-state index in [9.17, 15) is 18.3 Å². The quantitative estimate of drug-likeness (QED) is 0.669. The van der Waals surface area contributed by atoms with Gasteiger partial charge in [-0.15, -0.1) is 0 Å². The molecular weight excluding hydrogens is 400 g/mol. The van der Waals surface area contributed by atoms with Crippen LogP contribution in [0.15, 0.2) is 47.4 Å². The van der Waals surface area contributed by atoms with Crippen LogP contribution in [-0.2, 0) is 16.4 Å². The summed E-state index contributed by atoms with van der Waals surface area (Å²) in [5, 5.41) is 9.67. The zero-order valence-electron chi connectivity index (χ0n) is 17.8. The highest BCUT2D eigenvalue weighted by molar-refractivity contribution is 7.92. The summed E-state index contributed by atoms with van der Waals surface area (Å²) in [6.07, 6.45) is 3.09. The van der Waals surface area contributed by atoms with Crippen molar-refractivity contribution in [2.75, 3.05) is 22.7 Å². The van der Waals surface area contributed by atoms with Gasteiger partial charge in [-0.25, -0.2) is 13.2 Å². The first-order valence-corrected chi connectivity index (χ1v) is 11.9. The van der Waals surface area contributed by atoms with Gasteiger partial charge < -0.3 is 10.0 Å². The summed E-state index contributed by atoms with van der Waals surface area (Å²) < 4.78 is 28.1. The maximum absolute atomic E-state index is 12.8. The van der Waals surface area contributed by atoms with E-state index in [2.05, 4.69) is 30.4 Å². The van der Waals surface area contributed by atoms with E-state index >= 15 is 0 Å². The molecule has 0 unspecified atom stereocenters. The molecule has 7 heteroatoms. The normalized spacial score (nSPS) is 17.2. The molecule has 2 aromatic carbocycles. The third kappa shape index (κ3) is 5.33. The third-order valence-electron chi connectivity index (χ3n) is 5.38. The predicted octanol–water partition coefficient (Wildman–Crippen LogP) is 4.62. The highest BCUT2D eigenvalue weighted by Gasteiger charge is 2.22. The Labute approximate surface area is 179 Å². The molecule has 0 saturated carbocycles. The van der Waals surface area contributed by atoms with Gasteiger partial charge >= 0.3 is 5.97 Å². The number of aromatic carboxylic acids is 1. The molecule has 6 nitrogen and oxygen atoms in total. The van der Waals surface area contributed by atoms with Gasteiger partial charge in [-0.2, -0.15) is 0 Å². The first kappa shape index (κ1) is 22.2. The molecule has 0 amide bonds. The average molecular weight is 431 g/mol. The molecule has 1 aliphatic rings. The van der Waals surface area contributed by atoms with Gasteiger partial charge in [-0.05, 0) is 67.0 Å². The molecule has 1 saturated heterocycles. The Balaban J connectivity index is 1.85. The monoisotopic (exact) mass is 430 g/mol. The molecule has 0 bridgehead atoms. The van der Waals surface area contributed by atoms with Crippen molar-refractivity contribution in [2.45, 2.75) is 44.9 Å². The van der Waals surface area contributed by atoms with Gasteiger partial charge in [-0.3, -0.25) is 4.72 Å². The standard InChI is InChI=1S/C23H30N2O4S/c1-16(2)13-18-6-9-20(10-7-18)30(28,29)24-22-11-8-19(14-21(22)23(26)27)25-12-4-5-17(3)15-25/h6-11,14,16-17,24H,4-5,12-13,15H2,1-3H3,(H,26,27)/t17-/m1/s1. The number of carboxylic acid groups (broad SMARTS) is 1. The van der Waals surface area contributed by atoms with Gasteiger partial charge in [0.1, 0.15) is 0 Å². The molecule has 1 fully saturated rings. The van der Waals surface area contributed by atoms with Crippen LogP contribution in [0.1, 0.15) is 49.5 Å². The van der Waals surface area contributed by atoms with Gasteiger partial charge in [-0.1, -0.05) is 32.9 Å². The van der Waals surface area contributed by atoms with Gasteiger partial charge in [0.15, 0.2) is 0 Å². The number of piperidine rings is 1. The molecule has 1 atom stereocenters. The number of sulfonamides is 1. The fourth-order valence-corrected chi connectivity index (χ4v) is 4.98. The second-order valence-corrected chi connectivity index (χ2v) is 10.3. The molecule has 30 heavy (non-hydrogen) atoms. The third-order valence-corrected chi connectivity index (χ3v) is 6.76. The molecule has 1 aliphatic heterocycles. The summed E-state index contributed by atoms with van der Waals surface area (Å²) in [7, 11) is -3.89. The molecule has 162 valence electrons. The number of carbonyl (C=O) groups is 1. The lowest BCUT2D eigenvalue weighted by Gasteiger charge is -2.33. The van der Waals surface area contributed by atoms with Crippen LogP contribution in [0.4, 0.5) is 11.4 Å². The van der Waals surface area contributed by atoms with Crippen LogP contribution < -0.4 is 9.62 Å². The van der Waals surface area contributed by atoms with Crippen molar-refractivity contribution in [1.29, 1.82) is 0 Å². The highest BCUT2D eigenvalue weighted by atomic mass is 32.2. The molecule has 0 aromatic heterocycles. The van der Waals surface area contributed by atoms with Crippen molar-refractivity contribution in [3.8, 4) is 0 Å². The van der Waals surface area contributed by atoms with Crippen LogP contribution in [0.25, 0.3) is 0 Å². The number of carboxylic acids is 1. The Kier molecular flexibility index (Phi) is 6.71. The summed E-state index contributed by atoms with van der Waals surface area (Å²) in [5.74, 6) is -0.138. The lowest BCUT2D eigenvalue weighted by atomic mass is 9.99. The SMILES string of the molecule is CC(C)Cc1ccc(S(=O)(=O)Nc2ccc(N3CCC[C@@H](C)C3)cc2C(=O)O)cc1. The maximum atomic E-state index is 12.8. The van der Waals surface area contributed by atoms with Gasteiger partial charge in [0, 0.05) is 18.8 Å². The minimum absolute atomic E-state index is 0.0503. The summed E-state index contributed by atoms with van der Waals surface area (Å²) in [6.45, 7) is 8.13. The minimum atomic E-state index is -3.89. The van der Waals surface area contributed by atoms with Crippen LogP contribution in [0, 0.1) is 11.8 Å². The van der Waals surface area contributed by atoms with Gasteiger partial charge in [0.05, 0.1) is 16.1 Å². The summed E-state index contributed by atoms with van der Waals surface area (Å²) in [5.41, 5.74) is 1.89. The summed E-state index contributed by atoms with van der Waals surface area (Å²) in [4.78, 5) is 14.1. The number of nitrogens with one attached hydrogen (secondary N) is 1. The van der Waals surface area contributed by atoms with Crippen LogP contribution in [0.3, 0.4) is 0 Å². The molecule has 0 spiro atoms. The topological polar surface area (TPSA) is 86.7 Å². The average Bonchev–Trinajstić information content (AvgIpc) is 2.68. The summed E-state index contributed by atoms with van der Waals surface area (Å²) >= 11 is 0. The predicted molar refractivity (Wildman–Crippen MR) is 120 cm³/mol. The molecule has 3 rings (SSSR count). The molecule has 1 heterocycles. The largest absolute Gasteiger partial charge is 0.478 e. The van der Waals surface area contributed by atoms with E-state index in [4.69, 9.17) is 0 Å². The van der Waals surface area contributed by atoms with E-state index < -0.39 is 16.0 Å². The lowest BCUT2D eigenvalue weighted by molar-refractivity contribution is 0.0698. The fraction of sp³-hybridized carbons (Fsp3) is 0.435. The van der Waals surface area contributed by atoms with E-state index in [1.807, 2.05) is 0 Å². The lowest BCUT2D eigenvalue weighted by Crippen LogP contribution is -2.34. The zero-order chi connectivity index (χ0) is 21.9. The number of rotatable bonds is 7. The van der Waals surface area contributed by atoms with Crippen molar-refractivity contribution in [3.63, 3.8) is 0 Å². The molecular formula is C23H30N2O4S. The Morgan fingerprint density at radius 3 is 2.50 bits per heavy atom. The highest BCUT2D eigenvalue weighted by Crippen LogP contribution is 2.29. The fourth-order valence-electron chi connectivity index (χ4n) is 3.90. The van der Waals surface area contributed by atoms with E-state index in [1.165, 1.54) is 0 Å². The number of anilines is 2. The Bertz CT molecular complexity index is 1000.